The Morgan fingerprint density at radius 2 is 2.38 bits per heavy atom. The van der Waals surface area contributed by atoms with E-state index in [9.17, 15) is 0 Å². The van der Waals surface area contributed by atoms with Crippen molar-refractivity contribution in [2.24, 2.45) is 0 Å². The molecule has 0 aliphatic heterocycles. The van der Waals surface area contributed by atoms with Gasteiger partial charge in [0.1, 0.15) is 0 Å². The lowest BCUT2D eigenvalue weighted by atomic mass is 10.2. The molecule has 84 valence electrons. The van der Waals surface area contributed by atoms with Gasteiger partial charge in [-0.15, -0.1) is 11.3 Å². The molecule has 0 radical (unpaired) electrons. The molecule has 4 heteroatoms. The van der Waals surface area contributed by atoms with E-state index in [-0.39, 0.29) is 0 Å². The second kappa shape index (κ2) is 5.32. The van der Waals surface area contributed by atoms with Gasteiger partial charge >= 0.3 is 0 Å². The van der Waals surface area contributed by atoms with E-state index in [0.717, 1.165) is 12.1 Å². The van der Waals surface area contributed by atoms with Crippen LogP contribution < -0.4 is 5.32 Å². The molecule has 0 saturated heterocycles. The smallest absolute Gasteiger partial charge is 0.0820 e. The van der Waals surface area contributed by atoms with Crippen LogP contribution >= 0.6 is 22.9 Å². The van der Waals surface area contributed by atoms with Gasteiger partial charge < -0.3 is 5.32 Å². The number of hydrogen-bond donors (Lipinski definition) is 1. The van der Waals surface area contributed by atoms with Gasteiger partial charge in [-0.25, -0.2) is 0 Å². The highest BCUT2D eigenvalue weighted by molar-refractivity contribution is 7.09. The van der Waals surface area contributed by atoms with Gasteiger partial charge in [-0.05, 0) is 24.4 Å². The van der Waals surface area contributed by atoms with Crippen molar-refractivity contribution in [3.05, 3.63) is 45.9 Å². The number of nitrogens with one attached hydrogen (secondary N) is 1. The lowest BCUT2D eigenvalue weighted by Gasteiger charge is -2.15. The van der Waals surface area contributed by atoms with Crippen molar-refractivity contribution in [2.45, 2.75) is 19.4 Å². The molecule has 0 aromatic carbocycles. The first-order valence-corrected chi connectivity index (χ1v) is 6.40. The molecule has 16 heavy (non-hydrogen) atoms. The number of hydrogen-bond acceptors (Lipinski definition) is 3. The average molecular weight is 253 g/mol. The van der Waals surface area contributed by atoms with Gasteiger partial charge in [-0.3, -0.25) is 4.98 Å². The average Bonchev–Trinajstić information content (AvgIpc) is 2.74. The molecular formula is C12H13ClN2S. The van der Waals surface area contributed by atoms with E-state index < -0.39 is 0 Å². The molecule has 2 heterocycles. The molecule has 1 N–H and O–H groups in total. The van der Waals surface area contributed by atoms with Crippen molar-refractivity contribution >= 4 is 28.6 Å². The maximum atomic E-state index is 6.03. The zero-order valence-electron chi connectivity index (χ0n) is 8.98. The van der Waals surface area contributed by atoms with Crippen LogP contribution in [0.4, 0.5) is 5.69 Å². The van der Waals surface area contributed by atoms with Crippen LogP contribution in [0, 0.1) is 0 Å². The molecule has 0 saturated carbocycles. The monoisotopic (exact) mass is 252 g/mol. The number of halogens is 1. The summed E-state index contributed by atoms with van der Waals surface area (Å²) >= 11 is 7.81. The lowest BCUT2D eigenvalue weighted by Crippen LogP contribution is -2.17. The number of aromatic nitrogens is 1. The third kappa shape index (κ3) is 2.97. The Balaban J connectivity index is 1.97. The quantitative estimate of drug-likeness (QED) is 0.894. The molecule has 2 rings (SSSR count). The topological polar surface area (TPSA) is 24.9 Å². The van der Waals surface area contributed by atoms with Crippen LogP contribution in [0.5, 0.6) is 0 Å². The second-order valence-corrected chi connectivity index (χ2v) is 5.12. The summed E-state index contributed by atoms with van der Waals surface area (Å²) in [6, 6.07) is 6.48. The summed E-state index contributed by atoms with van der Waals surface area (Å²) in [5.74, 6) is 0. The van der Waals surface area contributed by atoms with Crippen LogP contribution in [0.25, 0.3) is 0 Å². The van der Waals surface area contributed by atoms with E-state index in [2.05, 4.69) is 34.7 Å². The standard InChI is InChI=1S/C12H13ClN2S/c1-9(7-10-3-2-6-16-10)15-12-4-5-14-8-11(12)13/h2-6,8-9H,7H2,1H3,(H,14,15). The molecule has 0 aliphatic rings. The third-order valence-corrected chi connectivity index (χ3v) is 3.46. The largest absolute Gasteiger partial charge is 0.381 e. The molecule has 1 atom stereocenters. The summed E-state index contributed by atoms with van der Waals surface area (Å²) < 4.78 is 0. The van der Waals surface area contributed by atoms with Gasteiger partial charge in [-0.2, -0.15) is 0 Å². The predicted molar refractivity (Wildman–Crippen MR) is 70.4 cm³/mol. The van der Waals surface area contributed by atoms with Crippen LogP contribution in [0.3, 0.4) is 0 Å². The number of nitrogens with zero attached hydrogens (tertiary/aromatic N) is 1. The van der Waals surface area contributed by atoms with E-state index in [0.29, 0.717) is 11.1 Å². The molecule has 0 bridgehead atoms. The number of rotatable bonds is 4. The third-order valence-electron chi connectivity index (χ3n) is 2.26. The van der Waals surface area contributed by atoms with E-state index >= 15 is 0 Å². The Bertz CT molecular complexity index is 442. The molecule has 0 aliphatic carbocycles. The SMILES string of the molecule is CC(Cc1cccs1)Nc1ccncc1Cl. The van der Waals surface area contributed by atoms with Gasteiger partial charge in [0.25, 0.3) is 0 Å². The van der Waals surface area contributed by atoms with Crippen molar-refractivity contribution in [3.8, 4) is 0 Å². The van der Waals surface area contributed by atoms with Gasteiger partial charge in [0.15, 0.2) is 0 Å². The number of pyridine rings is 1. The molecule has 2 nitrogen and oxygen atoms in total. The predicted octanol–water partition coefficient (Wildman–Crippen LogP) is 3.84. The molecule has 1 unspecified atom stereocenters. The second-order valence-electron chi connectivity index (χ2n) is 3.68. The summed E-state index contributed by atoms with van der Waals surface area (Å²) in [7, 11) is 0. The number of anilines is 1. The Kier molecular flexibility index (Phi) is 3.80. The van der Waals surface area contributed by atoms with Crippen LogP contribution in [0.2, 0.25) is 5.02 Å². The Morgan fingerprint density at radius 3 is 3.06 bits per heavy atom. The molecule has 0 spiro atoms. The molecule has 2 aromatic heterocycles. The van der Waals surface area contributed by atoms with Crippen LogP contribution in [0.1, 0.15) is 11.8 Å². The van der Waals surface area contributed by atoms with Crippen molar-refractivity contribution in [1.29, 1.82) is 0 Å². The Labute approximate surface area is 104 Å². The van der Waals surface area contributed by atoms with Crippen LogP contribution in [-0.4, -0.2) is 11.0 Å². The molecule has 0 amide bonds. The highest BCUT2D eigenvalue weighted by Gasteiger charge is 2.06. The summed E-state index contributed by atoms with van der Waals surface area (Å²) in [6.45, 7) is 2.15. The van der Waals surface area contributed by atoms with Gasteiger partial charge in [0.05, 0.1) is 10.7 Å². The zero-order valence-corrected chi connectivity index (χ0v) is 10.6. The van der Waals surface area contributed by atoms with Crippen molar-refractivity contribution in [2.75, 3.05) is 5.32 Å². The van der Waals surface area contributed by atoms with Crippen molar-refractivity contribution in [3.63, 3.8) is 0 Å². The first kappa shape index (κ1) is 11.4. The minimum absolute atomic E-state index is 0.360. The summed E-state index contributed by atoms with van der Waals surface area (Å²) in [4.78, 5) is 5.34. The van der Waals surface area contributed by atoms with Gasteiger partial charge in [-0.1, -0.05) is 17.7 Å². The Morgan fingerprint density at radius 1 is 1.50 bits per heavy atom. The summed E-state index contributed by atoms with van der Waals surface area (Å²) in [5.41, 5.74) is 0.945. The van der Waals surface area contributed by atoms with Crippen molar-refractivity contribution in [1.82, 2.24) is 4.98 Å². The van der Waals surface area contributed by atoms with Gasteiger partial charge in [0.2, 0.25) is 0 Å². The van der Waals surface area contributed by atoms with Crippen molar-refractivity contribution < 1.29 is 0 Å². The fraction of sp³-hybridized carbons (Fsp3) is 0.250. The maximum Gasteiger partial charge on any atom is 0.0820 e. The minimum Gasteiger partial charge on any atom is -0.381 e. The lowest BCUT2D eigenvalue weighted by molar-refractivity contribution is 0.800. The van der Waals surface area contributed by atoms with E-state index in [1.807, 2.05) is 6.07 Å². The minimum atomic E-state index is 0.360. The van der Waals surface area contributed by atoms with Crippen LogP contribution in [0.15, 0.2) is 36.0 Å². The first-order chi connectivity index (χ1) is 7.75. The molecular weight excluding hydrogens is 240 g/mol. The van der Waals surface area contributed by atoms with E-state index in [1.54, 1.807) is 23.7 Å². The van der Waals surface area contributed by atoms with Gasteiger partial charge in [0, 0.05) is 29.7 Å². The van der Waals surface area contributed by atoms with E-state index in [4.69, 9.17) is 11.6 Å². The first-order valence-electron chi connectivity index (χ1n) is 5.14. The summed E-state index contributed by atoms with van der Waals surface area (Å²) in [6.07, 6.45) is 4.41. The molecule has 0 fully saturated rings. The number of thiophene rings is 1. The highest BCUT2D eigenvalue weighted by atomic mass is 35.5. The van der Waals surface area contributed by atoms with Crippen LogP contribution in [-0.2, 0) is 6.42 Å². The van der Waals surface area contributed by atoms with E-state index in [1.165, 1.54) is 4.88 Å². The summed E-state index contributed by atoms with van der Waals surface area (Å²) in [5, 5.41) is 6.15. The highest BCUT2D eigenvalue weighted by Crippen LogP contribution is 2.21. The Hall–Kier alpha value is -1.06. The molecule has 2 aromatic rings. The normalized spacial score (nSPS) is 12.4. The fourth-order valence-electron chi connectivity index (χ4n) is 1.54. The fourth-order valence-corrected chi connectivity index (χ4v) is 2.55. The maximum absolute atomic E-state index is 6.03. The zero-order chi connectivity index (χ0) is 11.4.